The van der Waals surface area contributed by atoms with Gasteiger partial charge < -0.3 is 14.9 Å². The lowest BCUT2D eigenvalue weighted by atomic mass is 9.45. The number of ether oxygens (including phenoxy) is 1. The molecule has 6 nitrogen and oxygen atoms in total. The highest BCUT2D eigenvalue weighted by Crippen LogP contribution is 2.69. The zero-order valence-electron chi connectivity index (χ0n) is 20.9. The van der Waals surface area contributed by atoms with Crippen molar-refractivity contribution in [3.63, 3.8) is 0 Å². The number of unbranched alkanes of at least 4 members (excludes halogenated alkanes) is 1. The van der Waals surface area contributed by atoms with Crippen molar-refractivity contribution in [3.05, 3.63) is 23.6 Å². The largest absolute Gasteiger partial charge is 0.450 e. The average molecular weight is 495 g/mol. The third-order valence-corrected chi connectivity index (χ3v) is 9.66. The normalized spacial score (nSPS) is 44.5. The molecule has 0 aliphatic heterocycles. The number of Topliss-reactive ketones (excluding diaryl/α,β-unsaturated/α-hetero) is 1. The zero-order valence-corrected chi connectivity index (χ0v) is 20.9. The number of aliphatic hydroxyl groups excluding tert-OH is 2. The number of rotatable bonds is 6. The van der Waals surface area contributed by atoms with Crippen LogP contribution < -0.4 is 0 Å². The molecule has 4 aliphatic rings. The summed E-state index contributed by atoms with van der Waals surface area (Å²) in [5, 5.41) is 21.4. The fraction of sp³-hybridized carbons (Fsp3) is 0.741. The Morgan fingerprint density at radius 1 is 1.26 bits per heavy atom. The Morgan fingerprint density at radius 2 is 1.94 bits per heavy atom. The van der Waals surface area contributed by atoms with E-state index in [1.54, 1.807) is 20.8 Å². The molecule has 4 rings (SSSR count). The first-order chi connectivity index (χ1) is 16.4. The number of carbonyl (C=O) groups excluding carboxylic acids is 3. The van der Waals surface area contributed by atoms with Gasteiger partial charge in [0.2, 0.25) is 11.6 Å². The molecule has 2 N–H and O–H groups in total. The highest BCUT2D eigenvalue weighted by atomic mass is 19.1. The van der Waals surface area contributed by atoms with Crippen LogP contribution in [0, 0.1) is 34.5 Å². The lowest BCUT2D eigenvalue weighted by molar-refractivity contribution is -0.206. The van der Waals surface area contributed by atoms with Crippen molar-refractivity contribution in [3.8, 4) is 0 Å². The van der Waals surface area contributed by atoms with Crippen molar-refractivity contribution >= 4 is 17.5 Å². The summed E-state index contributed by atoms with van der Waals surface area (Å²) in [6.07, 6.45) is 1.75. The molecule has 0 bridgehead atoms. The number of hydrogen-bond donors (Lipinski definition) is 2. The molecule has 4 aliphatic carbocycles. The van der Waals surface area contributed by atoms with E-state index in [2.05, 4.69) is 0 Å². The second-order valence-electron chi connectivity index (χ2n) is 11.4. The van der Waals surface area contributed by atoms with Crippen LogP contribution >= 0.6 is 0 Å². The Hall–Kier alpha value is -1.93. The van der Waals surface area contributed by atoms with Gasteiger partial charge in [0.15, 0.2) is 11.4 Å². The van der Waals surface area contributed by atoms with Crippen molar-refractivity contribution in [2.24, 2.45) is 34.5 Å². The molecule has 0 aromatic carbocycles. The SMILES string of the molecule is CCCCC(=O)O[C@]1(C(=O)CO)[C@H](C)C[C@H]2[C@@H]3C[C@H](F)C4=C(F)C(=O)C=C[C@]4(C)[C@H]3[C@@H](O)C[C@@]21C. The van der Waals surface area contributed by atoms with Crippen LogP contribution in [0.1, 0.15) is 66.2 Å². The van der Waals surface area contributed by atoms with Gasteiger partial charge in [0.05, 0.1) is 6.10 Å². The van der Waals surface area contributed by atoms with Crippen molar-refractivity contribution in [2.75, 3.05) is 6.61 Å². The fourth-order valence-electron chi connectivity index (χ4n) is 8.29. The van der Waals surface area contributed by atoms with Crippen LogP contribution in [0.2, 0.25) is 0 Å². The molecule has 9 atom stereocenters. The quantitative estimate of drug-likeness (QED) is 0.545. The molecule has 0 spiro atoms. The Labute approximate surface area is 204 Å². The standard InChI is InChI=1S/C27H36F2O6/c1-5-6-7-21(34)35-27(20(33)13-30)14(2)10-16-15-11-17(28)23-24(29)18(31)8-9-25(23,3)22(15)19(32)12-26(16,27)4/h8-9,14-17,19,22,30,32H,5-7,10-13H2,1-4H3/t14-,15+,16+,17+,19+,22-,25-,26+,27+/m1/s1. The van der Waals surface area contributed by atoms with Crippen LogP contribution in [0.3, 0.4) is 0 Å². The number of carbonyl (C=O) groups is 3. The van der Waals surface area contributed by atoms with Crippen LogP contribution in [-0.2, 0) is 19.1 Å². The molecule has 35 heavy (non-hydrogen) atoms. The van der Waals surface area contributed by atoms with Crippen LogP contribution in [0.5, 0.6) is 0 Å². The lowest BCUT2D eigenvalue weighted by Crippen LogP contribution is -2.65. The first-order valence-corrected chi connectivity index (χ1v) is 12.7. The maximum absolute atomic E-state index is 15.6. The smallest absolute Gasteiger partial charge is 0.306 e. The first-order valence-electron chi connectivity index (χ1n) is 12.7. The van der Waals surface area contributed by atoms with Crippen LogP contribution in [-0.4, -0.2) is 52.2 Å². The number of ketones is 2. The summed E-state index contributed by atoms with van der Waals surface area (Å²) in [7, 11) is 0. The van der Waals surface area contributed by atoms with E-state index in [4.69, 9.17) is 4.74 Å². The summed E-state index contributed by atoms with van der Waals surface area (Å²) in [5.41, 5.74) is -4.08. The Balaban J connectivity index is 1.80. The van der Waals surface area contributed by atoms with Crippen molar-refractivity contribution in [1.82, 2.24) is 0 Å². The molecule has 0 radical (unpaired) electrons. The molecule has 0 saturated heterocycles. The topological polar surface area (TPSA) is 101 Å². The minimum Gasteiger partial charge on any atom is -0.450 e. The number of esters is 1. The van der Waals surface area contributed by atoms with E-state index in [1.807, 2.05) is 6.92 Å². The van der Waals surface area contributed by atoms with Gasteiger partial charge in [-0.25, -0.2) is 8.78 Å². The van der Waals surface area contributed by atoms with Gasteiger partial charge in [-0.2, -0.15) is 0 Å². The molecule has 0 heterocycles. The average Bonchev–Trinajstić information content (AvgIpc) is 3.01. The number of alkyl halides is 1. The van der Waals surface area contributed by atoms with Crippen LogP contribution in [0.4, 0.5) is 8.78 Å². The lowest BCUT2D eigenvalue weighted by Gasteiger charge is -2.60. The Bertz CT molecular complexity index is 990. The highest BCUT2D eigenvalue weighted by molar-refractivity contribution is 6.04. The Morgan fingerprint density at radius 3 is 2.57 bits per heavy atom. The van der Waals surface area contributed by atoms with E-state index in [1.165, 1.54) is 6.08 Å². The molecule has 0 aromatic heterocycles. The molecule has 3 fully saturated rings. The van der Waals surface area contributed by atoms with E-state index >= 15 is 4.39 Å². The summed E-state index contributed by atoms with van der Waals surface area (Å²) in [6.45, 7) is 6.38. The van der Waals surface area contributed by atoms with Gasteiger partial charge in [0.1, 0.15) is 12.8 Å². The molecule has 3 saturated carbocycles. The summed E-state index contributed by atoms with van der Waals surface area (Å²) >= 11 is 0. The van der Waals surface area contributed by atoms with Crippen molar-refractivity contribution < 1.29 is 38.1 Å². The van der Waals surface area contributed by atoms with Gasteiger partial charge >= 0.3 is 5.97 Å². The Kier molecular flexibility index (Phi) is 6.63. The third kappa shape index (κ3) is 3.50. The molecule has 8 heteroatoms. The van der Waals surface area contributed by atoms with Crippen molar-refractivity contribution in [1.29, 1.82) is 0 Å². The monoisotopic (exact) mass is 494 g/mol. The summed E-state index contributed by atoms with van der Waals surface area (Å²) in [4.78, 5) is 38.1. The maximum Gasteiger partial charge on any atom is 0.306 e. The predicted molar refractivity (Wildman–Crippen MR) is 123 cm³/mol. The zero-order chi connectivity index (χ0) is 25.9. The number of hydrogen-bond acceptors (Lipinski definition) is 6. The molecule has 0 amide bonds. The molecule has 0 aromatic rings. The number of fused-ring (bicyclic) bond motifs is 5. The maximum atomic E-state index is 15.6. The number of allylic oxidation sites excluding steroid dienone is 4. The van der Waals surface area contributed by atoms with Gasteiger partial charge in [-0.1, -0.05) is 40.2 Å². The van der Waals surface area contributed by atoms with Gasteiger partial charge in [-0.3, -0.25) is 14.4 Å². The summed E-state index contributed by atoms with van der Waals surface area (Å²) < 4.78 is 36.4. The van der Waals surface area contributed by atoms with Gasteiger partial charge in [-0.15, -0.1) is 0 Å². The van der Waals surface area contributed by atoms with Crippen LogP contribution in [0.25, 0.3) is 0 Å². The predicted octanol–water partition coefficient (Wildman–Crippen LogP) is 3.79. The molecular weight excluding hydrogens is 458 g/mol. The van der Waals surface area contributed by atoms with E-state index < -0.39 is 76.4 Å². The number of halogens is 2. The summed E-state index contributed by atoms with van der Waals surface area (Å²) in [6, 6.07) is 0. The van der Waals surface area contributed by atoms with E-state index in [-0.39, 0.29) is 30.8 Å². The second-order valence-corrected chi connectivity index (χ2v) is 11.4. The van der Waals surface area contributed by atoms with Gasteiger partial charge in [0, 0.05) is 34.7 Å². The minimum absolute atomic E-state index is 0.0686. The molecule has 0 unspecified atom stereocenters. The summed E-state index contributed by atoms with van der Waals surface area (Å²) in [5.74, 6) is -4.88. The van der Waals surface area contributed by atoms with Gasteiger partial charge in [-0.05, 0) is 43.6 Å². The number of aliphatic hydroxyl groups is 2. The molecule has 194 valence electrons. The van der Waals surface area contributed by atoms with E-state index in [0.717, 1.165) is 12.5 Å². The molecular formula is C27H36F2O6. The highest BCUT2D eigenvalue weighted by Gasteiger charge is 2.73. The van der Waals surface area contributed by atoms with Crippen molar-refractivity contribution in [2.45, 2.75) is 84.1 Å². The minimum atomic E-state index is -1.71. The third-order valence-electron chi connectivity index (χ3n) is 9.66. The fourth-order valence-corrected chi connectivity index (χ4v) is 8.29. The first kappa shape index (κ1) is 26.1. The second kappa shape index (κ2) is 8.87. The van der Waals surface area contributed by atoms with E-state index in [0.29, 0.717) is 12.8 Å². The van der Waals surface area contributed by atoms with Gasteiger partial charge in [0.25, 0.3) is 0 Å². The van der Waals surface area contributed by atoms with E-state index in [9.17, 15) is 29.0 Å². The van der Waals surface area contributed by atoms with Crippen LogP contribution in [0.15, 0.2) is 23.6 Å².